The van der Waals surface area contributed by atoms with Crippen LogP contribution in [-0.2, 0) is 0 Å². The Balaban J connectivity index is 1.66. The van der Waals surface area contributed by atoms with Gasteiger partial charge in [-0.05, 0) is 49.6 Å². The number of nitrogens with one attached hydrogen (secondary N) is 2. The van der Waals surface area contributed by atoms with Crippen molar-refractivity contribution in [2.24, 2.45) is 0 Å². The molecule has 0 bridgehead atoms. The first-order valence-corrected chi connectivity index (χ1v) is 9.77. The number of carbonyl (C=O) groups excluding carboxylic acids is 1. The van der Waals surface area contributed by atoms with Gasteiger partial charge >= 0.3 is 0 Å². The third-order valence-corrected chi connectivity index (χ3v) is 5.59. The Kier molecular flexibility index (Phi) is 4.57. The fourth-order valence-corrected chi connectivity index (χ4v) is 3.95. The number of benzene rings is 2. The van der Waals surface area contributed by atoms with Gasteiger partial charge in [0.1, 0.15) is 0 Å². The lowest BCUT2D eigenvalue weighted by Crippen LogP contribution is -2.16. The van der Waals surface area contributed by atoms with Gasteiger partial charge < -0.3 is 4.98 Å². The topological polar surface area (TPSA) is 74.8 Å². The normalized spacial score (nSPS) is 11.0. The summed E-state index contributed by atoms with van der Waals surface area (Å²) >= 11 is 1.37. The number of pyridine rings is 1. The molecule has 1 amide bonds. The second-order valence-electron chi connectivity index (χ2n) is 6.84. The number of aryl methyl sites for hydroxylation is 3. The maximum absolute atomic E-state index is 12.8. The number of aromatic amines is 1. The van der Waals surface area contributed by atoms with Crippen LogP contribution in [0.2, 0.25) is 0 Å². The molecule has 4 aromatic rings. The van der Waals surface area contributed by atoms with E-state index in [1.54, 1.807) is 6.07 Å². The van der Waals surface area contributed by atoms with Crippen LogP contribution in [0.3, 0.4) is 0 Å². The fraction of sp³-hybridized carbons (Fsp3) is 0.136. The number of fused-ring (bicyclic) bond motifs is 1. The van der Waals surface area contributed by atoms with Gasteiger partial charge in [-0.3, -0.25) is 14.9 Å². The van der Waals surface area contributed by atoms with Gasteiger partial charge in [-0.15, -0.1) is 11.3 Å². The largest absolute Gasteiger partial charge is 0.322 e. The van der Waals surface area contributed by atoms with E-state index in [9.17, 15) is 9.59 Å². The quantitative estimate of drug-likeness (QED) is 0.527. The number of carbonyl (C=O) groups is 1. The van der Waals surface area contributed by atoms with Crippen LogP contribution in [0.4, 0.5) is 5.13 Å². The van der Waals surface area contributed by atoms with Crippen LogP contribution in [0.1, 0.15) is 27.0 Å². The summed E-state index contributed by atoms with van der Waals surface area (Å²) in [6.07, 6.45) is 0. The molecule has 0 saturated heterocycles. The van der Waals surface area contributed by atoms with Gasteiger partial charge in [-0.1, -0.05) is 24.3 Å². The molecule has 28 heavy (non-hydrogen) atoms. The highest BCUT2D eigenvalue weighted by molar-refractivity contribution is 7.14. The van der Waals surface area contributed by atoms with Crippen LogP contribution in [0.5, 0.6) is 0 Å². The van der Waals surface area contributed by atoms with E-state index in [4.69, 9.17) is 0 Å². The summed E-state index contributed by atoms with van der Waals surface area (Å²) in [5.74, 6) is -0.347. The average molecular weight is 389 g/mol. The van der Waals surface area contributed by atoms with Crippen LogP contribution in [-0.4, -0.2) is 15.9 Å². The lowest BCUT2D eigenvalue weighted by Gasteiger charge is -2.08. The molecule has 0 aliphatic rings. The highest BCUT2D eigenvalue weighted by Gasteiger charge is 2.15. The zero-order valence-electron chi connectivity index (χ0n) is 15.8. The third-order valence-electron chi connectivity index (χ3n) is 4.84. The minimum atomic E-state index is -0.347. The second-order valence-corrected chi connectivity index (χ2v) is 7.69. The molecule has 6 heteroatoms. The number of thiazole rings is 1. The summed E-state index contributed by atoms with van der Waals surface area (Å²) in [5.41, 5.74) is 6.13. The Hall–Kier alpha value is -3.25. The molecule has 140 valence electrons. The van der Waals surface area contributed by atoms with Crippen molar-refractivity contribution < 1.29 is 4.79 Å². The molecule has 0 atom stereocenters. The molecule has 2 heterocycles. The summed E-state index contributed by atoms with van der Waals surface area (Å²) in [5, 5.41) is 5.96. The molecule has 2 aromatic heterocycles. The molecule has 5 nitrogen and oxygen atoms in total. The van der Waals surface area contributed by atoms with Crippen LogP contribution < -0.4 is 10.9 Å². The number of anilines is 1. The van der Waals surface area contributed by atoms with E-state index in [0.717, 1.165) is 16.8 Å². The van der Waals surface area contributed by atoms with E-state index in [0.29, 0.717) is 21.6 Å². The number of H-pyrrole nitrogens is 1. The van der Waals surface area contributed by atoms with Crippen molar-refractivity contribution in [1.82, 2.24) is 9.97 Å². The van der Waals surface area contributed by atoms with E-state index in [2.05, 4.69) is 48.2 Å². The first-order valence-electron chi connectivity index (χ1n) is 8.89. The number of hydrogen-bond donors (Lipinski definition) is 2. The first-order chi connectivity index (χ1) is 13.4. The summed E-state index contributed by atoms with van der Waals surface area (Å²) < 4.78 is 0. The van der Waals surface area contributed by atoms with Crippen molar-refractivity contribution in [3.8, 4) is 11.3 Å². The smallest absolute Gasteiger partial charge is 0.258 e. The Labute approximate surface area is 166 Å². The summed E-state index contributed by atoms with van der Waals surface area (Å²) in [6, 6.07) is 12.8. The van der Waals surface area contributed by atoms with Gasteiger partial charge in [0.25, 0.3) is 5.91 Å². The minimum Gasteiger partial charge on any atom is -0.322 e. The molecule has 0 spiro atoms. The van der Waals surface area contributed by atoms with E-state index in [-0.39, 0.29) is 11.5 Å². The highest BCUT2D eigenvalue weighted by Crippen LogP contribution is 2.30. The number of amides is 1. The molecule has 0 fully saturated rings. The number of rotatable bonds is 3. The predicted molar refractivity (Wildman–Crippen MR) is 114 cm³/mol. The Morgan fingerprint density at radius 3 is 2.61 bits per heavy atom. The summed E-state index contributed by atoms with van der Waals surface area (Å²) in [4.78, 5) is 32.0. The standard InChI is InChI=1S/C22H19N3O2S/c1-12-8-14(3)16(9-13(12)2)19-11-28-22(24-19)25-21(27)17-10-20(26)23-18-7-5-4-6-15(17)18/h4-11H,1-3H3,(H,23,26)(H,24,25,27). The first kappa shape index (κ1) is 18.1. The fourth-order valence-electron chi connectivity index (χ4n) is 3.25. The number of para-hydroxylation sites is 1. The van der Waals surface area contributed by atoms with Gasteiger partial charge in [-0.25, -0.2) is 4.98 Å². The van der Waals surface area contributed by atoms with Crippen LogP contribution in [0, 0.1) is 20.8 Å². The van der Waals surface area contributed by atoms with E-state index >= 15 is 0 Å². The molecule has 4 rings (SSSR count). The lowest BCUT2D eigenvalue weighted by atomic mass is 9.99. The number of hydrogen-bond acceptors (Lipinski definition) is 4. The van der Waals surface area contributed by atoms with Crippen LogP contribution in [0.15, 0.2) is 52.6 Å². The highest BCUT2D eigenvalue weighted by atomic mass is 32.1. The SMILES string of the molecule is Cc1cc(C)c(-c2csc(NC(=O)c3cc(=O)[nH]c4ccccc34)n2)cc1C. The van der Waals surface area contributed by atoms with Crippen molar-refractivity contribution >= 4 is 33.3 Å². The summed E-state index contributed by atoms with van der Waals surface area (Å²) in [7, 11) is 0. The van der Waals surface area contributed by atoms with Crippen molar-refractivity contribution in [2.45, 2.75) is 20.8 Å². The maximum atomic E-state index is 12.8. The van der Waals surface area contributed by atoms with Crippen LogP contribution in [0.25, 0.3) is 22.2 Å². The Morgan fingerprint density at radius 2 is 1.79 bits per heavy atom. The number of nitrogens with zero attached hydrogens (tertiary/aromatic N) is 1. The predicted octanol–water partition coefficient (Wildman–Crippen LogP) is 4.83. The molecule has 2 N–H and O–H groups in total. The monoisotopic (exact) mass is 389 g/mol. The van der Waals surface area contributed by atoms with Crippen LogP contribution >= 0.6 is 11.3 Å². The van der Waals surface area contributed by atoms with Gasteiger partial charge in [0, 0.05) is 27.9 Å². The zero-order valence-corrected chi connectivity index (χ0v) is 16.6. The molecule has 0 saturated carbocycles. The van der Waals surface area contributed by atoms with E-state index in [1.165, 1.54) is 28.5 Å². The average Bonchev–Trinajstić information content (AvgIpc) is 3.12. The molecule has 0 aliphatic heterocycles. The van der Waals surface area contributed by atoms with Crippen molar-refractivity contribution in [1.29, 1.82) is 0 Å². The van der Waals surface area contributed by atoms with Gasteiger partial charge in [0.2, 0.25) is 5.56 Å². The molecule has 0 radical (unpaired) electrons. The third kappa shape index (κ3) is 3.34. The molecular formula is C22H19N3O2S. The molecule has 0 unspecified atom stereocenters. The Morgan fingerprint density at radius 1 is 1.04 bits per heavy atom. The maximum Gasteiger partial charge on any atom is 0.258 e. The van der Waals surface area contributed by atoms with E-state index in [1.807, 2.05) is 23.6 Å². The number of aromatic nitrogens is 2. The van der Waals surface area contributed by atoms with Crippen molar-refractivity contribution in [3.05, 3.63) is 80.5 Å². The summed E-state index contributed by atoms with van der Waals surface area (Å²) in [6.45, 7) is 6.22. The van der Waals surface area contributed by atoms with Crippen molar-refractivity contribution in [2.75, 3.05) is 5.32 Å². The lowest BCUT2D eigenvalue weighted by molar-refractivity contribution is 0.102. The van der Waals surface area contributed by atoms with E-state index < -0.39 is 0 Å². The van der Waals surface area contributed by atoms with Gasteiger partial charge in [-0.2, -0.15) is 0 Å². The Bertz CT molecular complexity index is 1270. The van der Waals surface area contributed by atoms with Gasteiger partial charge in [0.05, 0.1) is 11.3 Å². The van der Waals surface area contributed by atoms with Gasteiger partial charge in [0.15, 0.2) is 5.13 Å². The van der Waals surface area contributed by atoms with Crippen molar-refractivity contribution in [3.63, 3.8) is 0 Å². The molecular weight excluding hydrogens is 370 g/mol. The molecule has 0 aliphatic carbocycles. The minimum absolute atomic E-state index is 0.311. The second kappa shape index (κ2) is 7.05. The molecule has 2 aromatic carbocycles. The zero-order chi connectivity index (χ0) is 19.8.